The normalized spacial score (nSPS) is 12.1. The van der Waals surface area contributed by atoms with Gasteiger partial charge in [0.1, 0.15) is 11.6 Å². The van der Waals surface area contributed by atoms with E-state index >= 15 is 0 Å². The van der Waals surface area contributed by atoms with Crippen molar-refractivity contribution < 1.29 is 35.1 Å². The van der Waals surface area contributed by atoms with Crippen LogP contribution < -0.4 is 9.46 Å². The first-order valence-electron chi connectivity index (χ1n) is 6.01. The first kappa shape index (κ1) is 18.5. The summed E-state index contributed by atoms with van der Waals surface area (Å²) in [5.74, 6) is -2.90. The molecule has 0 unspecified atom stereocenters. The maximum absolute atomic E-state index is 13.7. The van der Waals surface area contributed by atoms with Crippen molar-refractivity contribution in [2.24, 2.45) is 0 Å². The zero-order valence-electron chi connectivity index (χ0n) is 11.4. The molecule has 0 heterocycles. The third-order valence-electron chi connectivity index (χ3n) is 2.59. The molecule has 0 saturated heterocycles. The summed E-state index contributed by atoms with van der Waals surface area (Å²) in [5.41, 5.74) is -0.585. The van der Waals surface area contributed by atoms with E-state index in [2.05, 4.69) is 20.7 Å². The number of benzene rings is 2. The lowest BCUT2D eigenvalue weighted by Crippen LogP contribution is -2.18. The number of ether oxygens (including phenoxy) is 1. The number of hydrogen-bond acceptors (Lipinski definition) is 3. The predicted molar refractivity (Wildman–Crippen MR) is 78.0 cm³/mol. The third kappa shape index (κ3) is 4.57. The van der Waals surface area contributed by atoms with Crippen LogP contribution in [0.3, 0.4) is 0 Å². The first-order valence-corrected chi connectivity index (χ1v) is 8.29. The van der Waals surface area contributed by atoms with Crippen LogP contribution in [0.4, 0.5) is 27.6 Å². The van der Waals surface area contributed by atoms with Gasteiger partial charge in [-0.2, -0.15) is 0 Å². The van der Waals surface area contributed by atoms with Gasteiger partial charge in [0, 0.05) is 16.6 Å². The second-order valence-corrected chi connectivity index (χ2v) is 6.91. The standard InChI is InChI=1S/C13H7BrF5NO3S/c14-10-4-7(15)5-11(16)12(10)20-24(21,22)9-3-1-2-8(6-9)23-13(17,18)19/h1-6,20H. The largest absolute Gasteiger partial charge is 0.573 e. The van der Waals surface area contributed by atoms with Gasteiger partial charge in [0.25, 0.3) is 10.0 Å². The maximum Gasteiger partial charge on any atom is 0.573 e. The van der Waals surface area contributed by atoms with Crippen molar-refractivity contribution in [3.63, 3.8) is 0 Å². The van der Waals surface area contributed by atoms with Gasteiger partial charge in [0.15, 0.2) is 5.82 Å². The predicted octanol–water partition coefficient (Wildman–Crippen LogP) is 4.43. The summed E-state index contributed by atoms with van der Waals surface area (Å²) in [6, 6.07) is 4.80. The highest BCUT2D eigenvalue weighted by Crippen LogP contribution is 2.30. The maximum atomic E-state index is 13.7. The van der Waals surface area contributed by atoms with E-state index < -0.39 is 44.4 Å². The smallest absolute Gasteiger partial charge is 0.406 e. The summed E-state index contributed by atoms with van der Waals surface area (Å²) in [4.78, 5) is -0.597. The van der Waals surface area contributed by atoms with E-state index in [0.717, 1.165) is 24.3 Å². The molecule has 11 heteroatoms. The summed E-state index contributed by atoms with van der Waals surface area (Å²) in [7, 11) is -4.44. The van der Waals surface area contributed by atoms with E-state index in [1.807, 2.05) is 4.72 Å². The van der Waals surface area contributed by atoms with E-state index in [1.165, 1.54) is 0 Å². The van der Waals surface area contributed by atoms with Crippen molar-refractivity contribution >= 4 is 31.6 Å². The van der Waals surface area contributed by atoms with Gasteiger partial charge >= 0.3 is 6.36 Å². The molecule has 0 radical (unpaired) electrons. The topological polar surface area (TPSA) is 55.4 Å². The fourth-order valence-electron chi connectivity index (χ4n) is 1.67. The minimum absolute atomic E-state index is 0.216. The molecule has 0 amide bonds. The quantitative estimate of drug-likeness (QED) is 0.728. The van der Waals surface area contributed by atoms with Crippen LogP contribution in [0.15, 0.2) is 45.8 Å². The number of alkyl halides is 3. The minimum atomic E-state index is -5.00. The van der Waals surface area contributed by atoms with Crippen LogP contribution in [0, 0.1) is 11.6 Å². The summed E-state index contributed by atoms with van der Waals surface area (Å²) in [6.07, 6.45) is -5.00. The Morgan fingerprint density at radius 2 is 1.75 bits per heavy atom. The average molecular weight is 432 g/mol. The van der Waals surface area contributed by atoms with Crippen molar-refractivity contribution in [2.75, 3.05) is 4.72 Å². The van der Waals surface area contributed by atoms with Gasteiger partial charge in [-0.15, -0.1) is 13.2 Å². The molecule has 0 bridgehead atoms. The highest BCUT2D eigenvalue weighted by molar-refractivity contribution is 9.10. The van der Waals surface area contributed by atoms with Crippen molar-refractivity contribution in [1.82, 2.24) is 0 Å². The van der Waals surface area contributed by atoms with E-state index in [4.69, 9.17) is 0 Å². The summed E-state index contributed by atoms with van der Waals surface area (Å²) < 4.78 is 92.8. The van der Waals surface area contributed by atoms with Crippen molar-refractivity contribution in [2.45, 2.75) is 11.3 Å². The number of rotatable bonds is 4. The summed E-state index contributed by atoms with van der Waals surface area (Å²) >= 11 is 2.80. The Morgan fingerprint density at radius 3 is 2.33 bits per heavy atom. The van der Waals surface area contributed by atoms with Gasteiger partial charge in [0.2, 0.25) is 0 Å². The molecule has 0 spiro atoms. The van der Waals surface area contributed by atoms with Crippen LogP contribution in [0.2, 0.25) is 0 Å². The summed E-state index contributed by atoms with van der Waals surface area (Å²) in [5, 5.41) is 0. The van der Waals surface area contributed by atoms with Gasteiger partial charge in [0.05, 0.1) is 10.6 Å². The monoisotopic (exact) mass is 431 g/mol. The molecule has 0 aliphatic rings. The molecule has 4 nitrogen and oxygen atoms in total. The van der Waals surface area contributed by atoms with Crippen LogP contribution in [-0.2, 0) is 10.0 Å². The molecule has 0 aromatic heterocycles. The van der Waals surface area contributed by atoms with Crippen LogP contribution in [0.1, 0.15) is 0 Å². The highest BCUT2D eigenvalue weighted by atomic mass is 79.9. The molecular weight excluding hydrogens is 425 g/mol. The fraction of sp³-hybridized carbons (Fsp3) is 0.0769. The molecule has 130 valence electrons. The van der Waals surface area contributed by atoms with Crippen LogP contribution in [0.5, 0.6) is 5.75 Å². The second kappa shape index (κ2) is 6.55. The zero-order chi connectivity index (χ0) is 18.1. The number of anilines is 1. The lowest BCUT2D eigenvalue weighted by Gasteiger charge is -2.13. The molecule has 1 N–H and O–H groups in total. The lowest BCUT2D eigenvalue weighted by molar-refractivity contribution is -0.274. The Bertz CT molecular complexity index is 847. The van der Waals surface area contributed by atoms with E-state index in [9.17, 15) is 30.4 Å². The molecule has 24 heavy (non-hydrogen) atoms. The van der Waals surface area contributed by atoms with Gasteiger partial charge in [-0.1, -0.05) is 6.07 Å². The Kier molecular flexibility index (Phi) is 5.04. The molecule has 0 aliphatic carbocycles. The molecule has 0 fully saturated rings. The average Bonchev–Trinajstić information content (AvgIpc) is 2.41. The van der Waals surface area contributed by atoms with E-state index in [0.29, 0.717) is 12.1 Å². The Morgan fingerprint density at radius 1 is 1.08 bits per heavy atom. The minimum Gasteiger partial charge on any atom is -0.406 e. The number of nitrogens with one attached hydrogen (secondary N) is 1. The Balaban J connectivity index is 2.37. The number of hydrogen-bond donors (Lipinski definition) is 1. The van der Waals surface area contributed by atoms with E-state index in [-0.39, 0.29) is 4.47 Å². The molecule has 0 atom stereocenters. The van der Waals surface area contributed by atoms with Crippen molar-refractivity contribution in [3.8, 4) is 5.75 Å². The molecule has 0 saturated carbocycles. The third-order valence-corrected chi connectivity index (χ3v) is 4.57. The molecule has 2 rings (SSSR count). The Hall–Kier alpha value is -1.88. The molecule has 2 aromatic carbocycles. The van der Waals surface area contributed by atoms with Gasteiger partial charge in [-0.25, -0.2) is 17.2 Å². The highest BCUT2D eigenvalue weighted by Gasteiger charge is 2.31. The van der Waals surface area contributed by atoms with Crippen molar-refractivity contribution in [3.05, 3.63) is 52.5 Å². The number of sulfonamides is 1. The van der Waals surface area contributed by atoms with Crippen LogP contribution in [-0.4, -0.2) is 14.8 Å². The van der Waals surface area contributed by atoms with E-state index in [1.54, 1.807) is 0 Å². The SMILES string of the molecule is O=S(=O)(Nc1c(F)cc(F)cc1Br)c1cccc(OC(F)(F)F)c1. The van der Waals surface area contributed by atoms with Crippen molar-refractivity contribution in [1.29, 1.82) is 0 Å². The molecular formula is C13H7BrF5NO3S. The fourth-order valence-corrected chi connectivity index (χ4v) is 3.43. The van der Waals surface area contributed by atoms with Gasteiger partial charge in [-0.05, 0) is 34.1 Å². The Labute approximate surface area is 141 Å². The van der Waals surface area contributed by atoms with Crippen LogP contribution in [0.25, 0.3) is 0 Å². The molecule has 0 aliphatic heterocycles. The van der Waals surface area contributed by atoms with Crippen LogP contribution >= 0.6 is 15.9 Å². The summed E-state index contributed by atoms with van der Waals surface area (Å²) in [6.45, 7) is 0. The number of halogens is 6. The second-order valence-electron chi connectivity index (χ2n) is 4.37. The molecule has 2 aromatic rings. The lowest BCUT2D eigenvalue weighted by atomic mass is 10.3. The zero-order valence-corrected chi connectivity index (χ0v) is 13.8. The van der Waals surface area contributed by atoms with Gasteiger partial charge in [-0.3, -0.25) is 4.72 Å². The van der Waals surface area contributed by atoms with Gasteiger partial charge < -0.3 is 4.74 Å². The first-order chi connectivity index (χ1) is 11.0.